The van der Waals surface area contributed by atoms with Crippen molar-refractivity contribution >= 4 is 17.9 Å². The number of esters is 3. The molecule has 1 aromatic heterocycles. The molecule has 14 heteroatoms. The summed E-state index contributed by atoms with van der Waals surface area (Å²) < 4.78 is 69.2. The second-order valence-electron chi connectivity index (χ2n) is 10.1. The average molecular weight is 654 g/mol. The predicted molar refractivity (Wildman–Crippen MR) is 155 cm³/mol. The summed E-state index contributed by atoms with van der Waals surface area (Å²) in [5, 5.41) is 21.0. The first-order valence-corrected chi connectivity index (χ1v) is 14.0. The van der Waals surface area contributed by atoms with Crippen molar-refractivity contribution in [1.29, 1.82) is 0 Å². The van der Waals surface area contributed by atoms with Crippen LogP contribution in [0.1, 0.15) is 31.1 Å². The summed E-state index contributed by atoms with van der Waals surface area (Å²) in [6, 6.07) is 15.1. The van der Waals surface area contributed by atoms with E-state index in [2.05, 4.69) is 4.98 Å². The number of aliphatic hydroxyl groups is 2. The van der Waals surface area contributed by atoms with E-state index in [0.717, 1.165) is 60.7 Å². The summed E-state index contributed by atoms with van der Waals surface area (Å²) in [5.74, 6) is -5.82. The predicted octanol–water partition coefficient (Wildman–Crippen LogP) is 3.86. The first kappa shape index (κ1) is 33.1. The molecule has 0 bridgehead atoms. The highest BCUT2D eigenvalue weighted by Gasteiger charge is 2.52. The summed E-state index contributed by atoms with van der Waals surface area (Å²) >= 11 is 0. The molecule has 0 unspecified atom stereocenters. The maximum atomic E-state index is 14.8. The molecule has 5 rings (SSSR count). The van der Waals surface area contributed by atoms with Gasteiger partial charge in [0, 0.05) is 6.20 Å². The van der Waals surface area contributed by atoms with Crippen molar-refractivity contribution in [2.24, 2.45) is 0 Å². The van der Waals surface area contributed by atoms with Crippen LogP contribution in [0, 0.1) is 17.5 Å². The third-order valence-corrected chi connectivity index (χ3v) is 7.13. The Bertz CT molecular complexity index is 1740. The normalized spacial score (nSPS) is 20.6. The molecule has 1 aliphatic heterocycles. The standard InChI is InChI=1S/C33H26F3NO10/c1-43-26-22(36)14-13-21(25(26)23-4-2-3-15-37-23)32(41)45-27-24(16-38)44-33(42)29(47-31(40)18-7-11-20(35)12-8-18)28(27)46-30(39)17-5-9-19(34)10-6-17/h2-15,24,27-29,33,38,42H,16H2,1H3/t24-,27-,28+,29-,33-/m1/s1. The minimum atomic E-state index is -2.03. The molecule has 0 radical (unpaired) electrons. The summed E-state index contributed by atoms with van der Waals surface area (Å²) in [4.78, 5) is 44.2. The van der Waals surface area contributed by atoms with Crippen molar-refractivity contribution in [3.63, 3.8) is 0 Å². The molecule has 0 aliphatic carbocycles. The van der Waals surface area contributed by atoms with Crippen LogP contribution in [0.3, 0.4) is 0 Å². The fourth-order valence-corrected chi connectivity index (χ4v) is 4.88. The van der Waals surface area contributed by atoms with Crippen molar-refractivity contribution in [2.45, 2.75) is 30.7 Å². The van der Waals surface area contributed by atoms with Crippen LogP contribution in [0.2, 0.25) is 0 Å². The van der Waals surface area contributed by atoms with Gasteiger partial charge in [0.2, 0.25) is 0 Å². The molecule has 3 aromatic carbocycles. The Kier molecular flexibility index (Phi) is 10.1. The number of aliphatic hydroxyl groups excluding tert-OH is 2. The van der Waals surface area contributed by atoms with E-state index >= 15 is 0 Å². The number of hydrogen-bond donors (Lipinski definition) is 2. The molecule has 0 amide bonds. The quantitative estimate of drug-likeness (QED) is 0.200. The van der Waals surface area contributed by atoms with Crippen molar-refractivity contribution < 1.29 is 61.5 Å². The number of carbonyl (C=O) groups excluding carboxylic acids is 3. The molecule has 1 saturated heterocycles. The smallest absolute Gasteiger partial charge is 0.339 e. The minimum Gasteiger partial charge on any atom is -0.493 e. The van der Waals surface area contributed by atoms with Gasteiger partial charge in [0.15, 0.2) is 36.2 Å². The Morgan fingerprint density at radius 2 is 1.34 bits per heavy atom. The molecular formula is C33H26F3NO10. The SMILES string of the molecule is COc1c(F)ccc(C(=O)O[C@H]2[C@H](OC(=O)c3ccc(F)cc3)[C@@H](OC(=O)c3ccc(F)cc3)[C@H](O)O[C@@H]2CO)c1-c1ccccn1. The number of nitrogens with zero attached hydrogens (tertiary/aromatic N) is 1. The van der Waals surface area contributed by atoms with Crippen LogP contribution >= 0.6 is 0 Å². The average Bonchev–Trinajstić information content (AvgIpc) is 3.07. The fourth-order valence-electron chi connectivity index (χ4n) is 4.88. The van der Waals surface area contributed by atoms with E-state index in [1.165, 1.54) is 19.4 Å². The fraction of sp³-hybridized carbons (Fsp3) is 0.212. The molecule has 244 valence electrons. The summed E-state index contributed by atoms with van der Waals surface area (Å²) in [5.41, 5.74) is -0.529. The number of halogens is 3. The number of ether oxygens (including phenoxy) is 5. The van der Waals surface area contributed by atoms with E-state index in [1.54, 1.807) is 12.1 Å². The molecule has 2 N–H and O–H groups in total. The zero-order chi connectivity index (χ0) is 33.7. The van der Waals surface area contributed by atoms with Crippen molar-refractivity contribution in [3.8, 4) is 17.0 Å². The van der Waals surface area contributed by atoms with Crippen LogP contribution in [0.5, 0.6) is 5.75 Å². The van der Waals surface area contributed by atoms with Crippen LogP contribution in [0.25, 0.3) is 11.3 Å². The number of hydrogen-bond acceptors (Lipinski definition) is 11. The van der Waals surface area contributed by atoms with Crippen molar-refractivity contribution in [2.75, 3.05) is 13.7 Å². The number of aromatic nitrogens is 1. The Hall–Kier alpha value is -5.31. The number of pyridine rings is 1. The molecule has 0 saturated carbocycles. The van der Waals surface area contributed by atoms with Gasteiger partial charge in [-0.05, 0) is 72.8 Å². The molecule has 11 nitrogen and oxygen atoms in total. The van der Waals surface area contributed by atoms with Crippen LogP contribution in [0.4, 0.5) is 13.2 Å². The zero-order valence-corrected chi connectivity index (χ0v) is 24.4. The summed E-state index contributed by atoms with van der Waals surface area (Å²) in [6.07, 6.45) is -7.68. The molecule has 5 atom stereocenters. The van der Waals surface area contributed by atoms with Crippen molar-refractivity contribution in [1.82, 2.24) is 4.98 Å². The number of carbonyl (C=O) groups is 3. The highest BCUT2D eigenvalue weighted by atomic mass is 19.1. The van der Waals surface area contributed by atoms with Gasteiger partial charge in [-0.2, -0.15) is 0 Å². The van der Waals surface area contributed by atoms with Crippen LogP contribution < -0.4 is 4.74 Å². The second kappa shape index (κ2) is 14.4. The van der Waals surface area contributed by atoms with Crippen molar-refractivity contribution in [3.05, 3.63) is 119 Å². The van der Waals surface area contributed by atoms with Gasteiger partial charge in [-0.1, -0.05) is 6.07 Å². The van der Waals surface area contributed by atoms with Gasteiger partial charge in [-0.25, -0.2) is 27.6 Å². The van der Waals surface area contributed by atoms with E-state index in [4.69, 9.17) is 23.7 Å². The van der Waals surface area contributed by atoms with Gasteiger partial charge in [-0.15, -0.1) is 0 Å². The molecule has 47 heavy (non-hydrogen) atoms. The van der Waals surface area contributed by atoms with Gasteiger partial charge in [0.1, 0.15) is 17.7 Å². The van der Waals surface area contributed by atoms with Gasteiger partial charge < -0.3 is 33.9 Å². The monoisotopic (exact) mass is 653 g/mol. The third kappa shape index (κ3) is 7.25. The maximum Gasteiger partial charge on any atom is 0.339 e. The lowest BCUT2D eigenvalue weighted by Crippen LogP contribution is -2.62. The lowest BCUT2D eigenvalue weighted by Gasteiger charge is -2.42. The van der Waals surface area contributed by atoms with Gasteiger partial charge in [0.05, 0.1) is 41.7 Å². The Morgan fingerprint density at radius 3 is 1.87 bits per heavy atom. The van der Waals surface area contributed by atoms with Crippen LogP contribution in [-0.4, -0.2) is 77.5 Å². The topological polar surface area (TPSA) is 151 Å². The van der Waals surface area contributed by atoms with E-state index in [9.17, 15) is 37.8 Å². The first-order chi connectivity index (χ1) is 22.6. The maximum absolute atomic E-state index is 14.8. The molecule has 4 aromatic rings. The minimum absolute atomic E-state index is 0.0884. The summed E-state index contributed by atoms with van der Waals surface area (Å²) in [6.45, 7) is -0.891. The van der Waals surface area contributed by atoms with Crippen LogP contribution in [0.15, 0.2) is 85.1 Å². The lowest BCUT2D eigenvalue weighted by molar-refractivity contribution is -0.284. The van der Waals surface area contributed by atoms with E-state index in [0.29, 0.717) is 0 Å². The Morgan fingerprint density at radius 1 is 0.766 bits per heavy atom. The van der Waals surface area contributed by atoms with E-state index in [-0.39, 0.29) is 33.7 Å². The Labute approximate surface area is 265 Å². The van der Waals surface area contributed by atoms with Gasteiger partial charge >= 0.3 is 17.9 Å². The van der Waals surface area contributed by atoms with E-state index in [1.807, 2.05) is 0 Å². The molecule has 2 heterocycles. The number of methoxy groups -OCH3 is 1. The lowest BCUT2D eigenvalue weighted by atomic mass is 9.97. The second-order valence-corrected chi connectivity index (χ2v) is 10.1. The van der Waals surface area contributed by atoms with Crippen LogP contribution in [-0.2, 0) is 18.9 Å². The Balaban J connectivity index is 1.54. The molecular weight excluding hydrogens is 627 g/mol. The molecule has 1 fully saturated rings. The molecule has 1 aliphatic rings. The third-order valence-electron chi connectivity index (χ3n) is 7.13. The zero-order valence-electron chi connectivity index (χ0n) is 24.4. The molecule has 0 spiro atoms. The van der Waals surface area contributed by atoms with Gasteiger partial charge in [0.25, 0.3) is 0 Å². The van der Waals surface area contributed by atoms with E-state index < -0.39 is 72.7 Å². The summed E-state index contributed by atoms with van der Waals surface area (Å²) in [7, 11) is 1.18. The largest absolute Gasteiger partial charge is 0.493 e. The highest BCUT2D eigenvalue weighted by Crippen LogP contribution is 2.36. The first-order valence-electron chi connectivity index (χ1n) is 14.0. The highest BCUT2D eigenvalue weighted by molar-refractivity contribution is 5.99. The number of rotatable bonds is 9. The van der Waals surface area contributed by atoms with Gasteiger partial charge in [-0.3, -0.25) is 4.98 Å². The number of benzene rings is 3.